The number of nitro groups is 1. The van der Waals surface area contributed by atoms with E-state index in [1.807, 2.05) is 7.05 Å². The maximum Gasteiger partial charge on any atom is 0.321 e. The fraction of sp³-hybridized carbons (Fsp3) is 0.231. The number of nitro benzene ring substituents is 1. The van der Waals surface area contributed by atoms with Crippen molar-refractivity contribution in [2.75, 3.05) is 14.2 Å². The third-order valence-electron chi connectivity index (χ3n) is 2.62. The topological polar surface area (TPSA) is 99.4 Å². The summed E-state index contributed by atoms with van der Waals surface area (Å²) >= 11 is 0. The van der Waals surface area contributed by atoms with Crippen LogP contribution in [-0.2, 0) is 6.54 Å². The van der Waals surface area contributed by atoms with Gasteiger partial charge in [0.15, 0.2) is 5.75 Å². The first-order chi connectivity index (χ1) is 10.1. The maximum atomic E-state index is 10.9. The summed E-state index contributed by atoms with van der Waals surface area (Å²) in [6.07, 6.45) is 3.24. The molecule has 0 saturated heterocycles. The van der Waals surface area contributed by atoms with Gasteiger partial charge in [-0.05, 0) is 19.2 Å². The van der Waals surface area contributed by atoms with Gasteiger partial charge in [-0.15, -0.1) is 0 Å². The minimum atomic E-state index is -0.539. The molecule has 1 N–H and O–H groups in total. The zero-order chi connectivity index (χ0) is 15.2. The molecule has 1 aromatic heterocycles. The molecule has 0 aliphatic rings. The molecule has 0 spiro atoms. The Bertz CT molecular complexity index is 631. The van der Waals surface area contributed by atoms with Crippen molar-refractivity contribution >= 4 is 5.69 Å². The average Bonchev–Trinajstić information content (AvgIpc) is 2.49. The van der Waals surface area contributed by atoms with Crippen molar-refractivity contribution in [1.82, 2.24) is 15.3 Å². The Kier molecular flexibility index (Phi) is 4.62. The van der Waals surface area contributed by atoms with Crippen LogP contribution in [0.4, 0.5) is 5.69 Å². The molecule has 0 saturated carbocycles. The molecule has 0 amide bonds. The van der Waals surface area contributed by atoms with E-state index >= 15 is 0 Å². The van der Waals surface area contributed by atoms with Crippen molar-refractivity contribution < 1.29 is 14.4 Å². The summed E-state index contributed by atoms with van der Waals surface area (Å²) in [5, 5.41) is 13.9. The first kappa shape index (κ1) is 14.7. The van der Waals surface area contributed by atoms with Crippen molar-refractivity contribution in [2.24, 2.45) is 0 Å². The SMILES string of the molecule is CNCc1cnc(Oc2ccc(OC)c([N+](=O)[O-])c2)nc1. The number of ether oxygens (including phenoxy) is 2. The highest BCUT2D eigenvalue weighted by molar-refractivity contribution is 5.51. The van der Waals surface area contributed by atoms with Crippen LogP contribution < -0.4 is 14.8 Å². The molecular weight excluding hydrogens is 276 g/mol. The Balaban J connectivity index is 2.19. The minimum absolute atomic E-state index is 0.120. The molecule has 1 aromatic carbocycles. The van der Waals surface area contributed by atoms with E-state index in [2.05, 4.69) is 15.3 Å². The molecule has 8 heteroatoms. The number of rotatable bonds is 6. The van der Waals surface area contributed by atoms with Gasteiger partial charge in [0.2, 0.25) is 0 Å². The number of hydrogen-bond acceptors (Lipinski definition) is 7. The van der Waals surface area contributed by atoms with E-state index in [1.165, 1.54) is 19.2 Å². The summed E-state index contributed by atoms with van der Waals surface area (Å²) in [7, 11) is 3.19. The van der Waals surface area contributed by atoms with E-state index in [0.29, 0.717) is 6.54 Å². The molecule has 0 unspecified atom stereocenters. The maximum absolute atomic E-state index is 10.9. The number of nitrogens with one attached hydrogen (secondary N) is 1. The standard InChI is InChI=1S/C13H14N4O4/c1-14-6-9-7-15-13(16-8-9)21-10-3-4-12(20-2)11(5-10)17(18)19/h3-5,7-8,14H,6H2,1-2H3. The predicted octanol–water partition coefficient (Wildman–Crippen LogP) is 1.91. The van der Waals surface area contributed by atoms with Gasteiger partial charge in [0.05, 0.1) is 18.1 Å². The smallest absolute Gasteiger partial charge is 0.321 e. The minimum Gasteiger partial charge on any atom is -0.490 e. The van der Waals surface area contributed by atoms with Crippen molar-refractivity contribution in [3.8, 4) is 17.5 Å². The van der Waals surface area contributed by atoms with Gasteiger partial charge in [-0.25, -0.2) is 9.97 Å². The van der Waals surface area contributed by atoms with E-state index < -0.39 is 4.92 Å². The monoisotopic (exact) mass is 290 g/mol. The summed E-state index contributed by atoms with van der Waals surface area (Å²) in [5.41, 5.74) is 0.729. The first-order valence-corrected chi connectivity index (χ1v) is 6.10. The lowest BCUT2D eigenvalue weighted by Crippen LogP contribution is -2.06. The quantitative estimate of drug-likeness (QED) is 0.640. The van der Waals surface area contributed by atoms with E-state index in [-0.39, 0.29) is 23.2 Å². The molecule has 0 fully saturated rings. The molecule has 0 bridgehead atoms. The molecule has 8 nitrogen and oxygen atoms in total. The third-order valence-corrected chi connectivity index (χ3v) is 2.62. The summed E-state index contributed by atoms with van der Waals surface area (Å²) in [6.45, 7) is 0.647. The van der Waals surface area contributed by atoms with Gasteiger partial charge in [-0.2, -0.15) is 0 Å². The van der Waals surface area contributed by atoms with Crippen LogP contribution in [0.2, 0.25) is 0 Å². The van der Waals surface area contributed by atoms with Crippen LogP contribution in [0.15, 0.2) is 30.6 Å². The first-order valence-electron chi connectivity index (χ1n) is 6.10. The Morgan fingerprint density at radius 1 is 1.33 bits per heavy atom. The van der Waals surface area contributed by atoms with Crippen molar-refractivity contribution in [3.63, 3.8) is 0 Å². The predicted molar refractivity (Wildman–Crippen MR) is 74.5 cm³/mol. The van der Waals surface area contributed by atoms with Gasteiger partial charge >= 0.3 is 11.7 Å². The molecular formula is C13H14N4O4. The van der Waals surface area contributed by atoms with Gasteiger partial charge in [0, 0.05) is 24.5 Å². The van der Waals surface area contributed by atoms with Crippen LogP contribution >= 0.6 is 0 Å². The highest BCUT2D eigenvalue weighted by Crippen LogP contribution is 2.32. The Labute approximate surface area is 120 Å². The molecule has 0 radical (unpaired) electrons. The van der Waals surface area contributed by atoms with Crippen LogP contribution in [0.25, 0.3) is 0 Å². The van der Waals surface area contributed by atoms with E-state index in [0.717, 1.165) is 5.56 Å². The number of aromatic nitrogens is 2. The summed E-state index contributed by atoms with van der Waals surface area (Å²) < 4.78 is 10.3. The van der Waals surface area contributed by atoms with Crippen LogP contribution in [0.3, 0.4) is 0 Å². The second-order valence-corrected chi connectivity index (χ2v) is 4.10. The normalized spacial score (nSPS) is 10.2. The highest BCUT2D eigenvalue weighted by atomic mass is 16.6. The van der Waals surface area contributed by atoms with Gasteiger partial charge in [0.1, 0.15) is 5.75 Å². The Hall–Kier alpha value is -2.74. The summed E-state index contributed by atoms with van der Waals surface area (Å²) in [6, 6.07) is 4.40. The lowest BCUT2D eigenvalue weighted by molar-refractivity contribution is -0.385. The molecule has 0 aliphatic heterocycles. The highest BCUT2D eigenvalue weighted by Gasteiger charge is 2.16. The molecule has 0 atom stereocenters. The largest absolute Gasteiger partial charge is 0.490 e. The van der Waals surface area contributed by atoms with Gasteiger partial charge in [-0.3, -0.25) is 10.1 Å². The van der Waals surface area contributed by atoms with Gasteiger partial charge < -0.3 is 14.8 Å². The number of benzene rings is 1. The second-order valence-electron chi connectivity index (χ2n) is 4.10. The Morgan fingerprint density at radius 3 is 2.62 bits per heavy atom. The van der Waals surface area contributed by atoms with E-state index in [1.54, 1.807) is 18.5 Å². The molecule has 2 rings (SSSR count). The van der Waals surface area contributed by atoms with Gasteiger partial charge in [-0.1, -0.05) is 0 Å². The Morgan fingerprint density at radius 2 is 2.05 bits per heavy atom. The lowest BCUT2D eigenvalue weighted by atomic mass is 10.3. The van der Waals surface area contributed by atoms with Crippen molar-refractivity contribution in [2.45, 2.75) is 6.54 Å². The summed E-state index contributed by atoms with van der Waals surface area (Å²) in [4.78, 5) is 18.5. The molecule has 110 valence electrons. The summed E-state index contributed by atoms with van der Waals surface area (Å²) in [5.74, 6) is 0.432. The fourth-order valence-corrected chi connectivity index (χ4v) is 1.67. The number of nitrogens with zero attached hydrogens (tertiary/aromatic N) is 3. The third kappa shape index (κ3) is 3.63. The van der Waals surface area contributed by atoms with Crippen LogP contribution in [-0.4, -0.2) is 29.0 Å². The average molecular weight is 290 g/mol. The van der Waals surface area contributed by atoms with E-state index in [4.69, 9.17) is 9.47 Å². The van der Waals surface area contributed by atoms with Crippen LogP contribution in [0.5, 0.6) is 17.5 Å². The molecule has 21 heavy (non-hydrogen) atoms. The van der Waals surface area contributed by atoms with Crippen LogP contribution in [0.1, 0.15) is 5.56 Å². The zero-order valence-corrected chi connectivity index (χ0v) is 11.6. The molecule has 1 heterocycles. The number of hydrogen-bond donors (Lipinski definition) is 1. The molecule has 0 aliphatic carbocycles. The van der Waals surface area contributed by atoms with Crippen molar-refractivity contribution in [1.29, 1.82) is 0 Å². The lowest BCUT2D eigenvalue weighted by Gasteiger charge is -2.06. The zero-order valence-electron chi connectivity index (χ0n) is 11.6. The number of methoxy groups -OCH3 is 1. The van der Waals surface area contributed by atoms with Crippen LogP contribution in [0, 0.1) is 10.1 Å². The van der Waals surface area contributed by atoms with E-state index in [9.17, 15) is 10.1 Å². The molecule has 2 aromatic rings. The fourth-order valence-electron chi connectivity index (χ4n) is 1.67. The second kappa shape index (κ2) is 6.62. The van der Waals surface area contributed by atoms with Crippen molar-refractivity contribution in [3.05, 3.63) is 46.3 Å². The van der Waals surface area contributed by atoms with Gasteiger partial charge in [0.25, 0.3) is 0 Å².